The molecule has 0 rings (SSSR count). The first kappa shape index (κ1) is 75.7. The molecule has 9 heteroatoms. The summed E-state index contributed by atoms with van der Waals surface area (Å²) in [5, 5.41) is 11.8. The second-order valence-corrected chi connectivity index (χ2v) is 23.4. The maximum absolute atomic E-state index is 12.8. The molecular formula is C70H125NO8. The van der Waals surface area contributed by atoms with Crippen molar-refractivity contribution in [3.63, 3.8) is 0 Å². The Morgan fingerprint density at radius 3 is 1.13 bits per heavy atom. The zero-order valence-corrected chi connectivity index (χ0v) is 52.2. The van der Waals surface area contributed by atoms with Gasteiger partial charge in [-0.15, -0.1) is 0 Å². The second-order valence-electron chi connectivity index (χ2n) is 23.4. The number of carbonyl (C=O) groups excluding carboxylic acids is 3. The van der Waals surface area contributed by atoms with Crippen molar-refractivity contribution in [1.29, 1.82) is 0 Å². The standard InChI is InChI=1S/C70H125NO8/c1-6-8-10-12-14-16-18-20-22-24-25-26-27-28-29-30-31-32-33-34-35-36-37-38-39-40-41-42-43-45-46-48-50-52-54-56-58-60-67(72)77-64-66(65-78-70(69(74)75)76-63-62-71(3,4)5)79-68(73)61-59-57-55-53-51-49-47-44-23-21-19-17-15-13-11-9-7-2/h9,11,15,17,21,23-25,47,49,53,55,66,70H,6-8,10,12-14,16,18-20,22,26-46,48,50-52,54,56-65H2,1-5H3/b11-9-,17-15-,23-21-,25-24-,49-47-,55-53-. The number of carbonyl (C=O) groups is 3. The summed E-state index contributed by atoms with van der Waals surface area (Å²) < 4.78 is 22.6. The van der Waals surface area contributed by atoms with Crippen molar-refractivity contribution in [3.05, 3.63) is 72.9 Å². The number of quaternary nitrogens is 1. The van der Waals surface area contributed by atoms with Gasteiger partial charge in [-0.05, 0) is 77.0 Å². The molecule has 0 bridgehead atoms. The van der Waals surface area contributed by atoms with Crippen LogP contribution in [0.15, 0.2) is 72.9 Å². The Hall–Kier alpha value is -3.27. The summed E-state index contributed by atoms with van der Waals surface area (Å²) in [7, 11) is 5.91. The Bertz CT molecular complexity index is 1520. The van der Waals surface area contributed by atoms with Crippen molar-refractivity contribution < 1.29 is 42.9 Å². The predicted octanol–water partition coefficient (Wildman–Crippen LogP) is 18.8. The van der Waals surface area contributed by atoms with E-state index in [2.05, 4.69) is 86.8 Å². The van der Waals surface area contributed by atoms with E-state index in [1.807, 2.05) is 21.1 Å². The molecule has 9 nitrogen and oxygen atoms in total. The van der Waals surface area contributed by atoms with Gasteiger partial charge < -0.3 is 33.3 Å². The molecule has 0 aromatic carbocycles. The topological polar surface area (TPSA) is 111 Å². The van der Waals surface area contributed by atoms with E-state index in [1.54, 1.807) is 0 Å². The average Bonchev–Trinajstić information content (AvgIpc) is 3.42. The molecular weight excluding hydrogens is 983 g/mol. The van der Waals surface area contributed by atoms with E-state index in [0.29, 0.717) is 23.9 Å². The van der Waals surface area contributed by atoms with Crippen molar-refractivity contribution in [2.45, 2.75) is 309 Å². The molecule has 0 amide bonds. The van der Waals surface area contributed by atoms with Crippen molar-refractivity contribution in [2.75, 3.05) is 47.5 Å². The molecule has 458 valence electrons. The minimum Gasteiger partial charge on any atom is -0.545 e. The Morgan fingerprint density at radius 2 is 0.734 bits per heavy atom. The van der Waals surface area contributed by atoms with Crippen LogP contribution >= 0.6 is 0 Å². The minimum atomic E-state index is -1.64. The number of ether oxygens (including phenoxy) is 4. The minimum absolute atomic E-state index is 0.135. The van der Waals surface area contributed by atoms with Gasteiger partial charge >= 0.3 is 11.9 Å². The van der Waals surface area contributed by atoms with Gasteiger partial charge in [-0.3, -0.25) is 9.59 Å². The molecule has 2 unspecified atom stereocenters. The lowest BCUT2D eigenvalue weighted by atomic mass is 10.0. The van der Waals surface area contributed by atoms with Gasteiger partial charge in [0, 0.05) is 12.8 Å². The largest absolute Gasteiger partial charge is 0.545 e. The van der Waals surface area contributed by atoms with E-state index in [1.165, 1.54) is 205 Å². The smallest absolute Gasteiger partial charge is 0.306 e. The quantitative estimate of drug-likeness (QED) is 0.0195. The number of nitrogens with zero attached hydrogens (tertiary/aromatic N) is 1. The van der Waals surface area contributed by atoms with Gasteiger partial charge in [-0.1, -0.05) is 279 Å². The van der Waals surface area contributed by atoms with Crippen molar-refractivity contribution in [2.24, 2.45) is 0 Å². The number of hydrogen-bond acceptors (Lipinski definition) is 8. The van der Waals surface area contributed by atoms with Crippen LogP contribution in [0, 0.1) is 0 Å². The fourth-order valence-corrected chi connectivity index (χ4v) is 9.39. The molecule has 0 aliphatic heterocycles. The van der Waals surface area contributed by atoms with E-state index in [0.717, 1.165) is 51.4 Å². The number of esters is 2. The normalized spacial score (nSPS) is 13.2. The summed E-state index contributed by atoms with van der Waals surface area (Å²) in [5.74, 6) is -2.36. The molecule has 2 atom stereocenters. The van der Waals surface area contributed by atoms with Crippen LogP contribution in [-0.4, -0.2) is 82.3 Å². The monoisotopic (exact) mass is 1110 g/mol. The van der Waals surface area contributed by atoms with Crippen molar-refractivity contribution in [1.82, 2.24) is 0 Å². The van der Waals surface area contributed by atoms with Gasteiger partial charge in [0.25, 0.3) is 0 Å². The number of carboxylic acids is 1. The molecule has 0 fully saturated rings. The fourth-order valence-electron chi connectivity index (χ4n) is 9.39. The number of rotatable bonds is 61. The number of likely N-dealkylation sites (N-methyl/N-ethyl adjacent to an activating group) is 1. The molecule has 0 aromatic rings. The highest BCUT2D eigenvalue weighted by Crippen LogP contribution is 2.18. The Balaban J connectivity index is 4.02. The second kappa shape index (κ2) is 60.8. The first-order valence-electron chi connectivity index (χ1n) is 33.1. The highest BCUT2D eigenvalue weighted by atomic mass is 16.7. The van der Waals surface area contributed by atoms with Crippen LogP contribution in [0.1, 0.15) is 296 Å². The SMILES string of the molecule is CC/C=C\C/C=C\C/C=C\C/C=C\C/C=C\CCCC(=O)OC(COC(=O)CCCCCCCCCCCCCCCCCCCCCCCCCCC/C=C\CCCCCCCCCC)COC(OCC[N+](C)(C)C)C(=O)[O-]. The fraction of sp³-hybridized carbons (Fsp3) is 0.786. The summed E-state index contributed by atoms with van der Waals surface area (Å²) in [6, 6.07) is 0. The van der Waals surface area contributed by atoms with Gasteiger partial charge in [0.2, 0.25) is 0 Å². The molecule has 0 aromatic heterocycles. The summed E-state index contributed by atoms with van der Waals surface area (Å²) in [5.41, 5.74) is 0. The maximum atomic E-state index is 12.8. The molecule has 0 aliphatic carbocycles. The van der Waals surface area contributed by atoms with Gasteiger partial charge in [-0.2, -0.15) is 0 Å². The number of aliphatic carboxylic acids is 1. The Morgan fingerprint density at radius 1 is 0.392 bits per heavy atom. The Kier molecular flexibility index (Phi) is 58.3. The predicted molar refractivity (Wildman–Crippen MR) is 334 cm³/mol. The van der Waals surface area contributed by atoms with Gasteiger partial charge in [0.05, 0.1) is 40.3 Å². The van der Waals surface area contributed by atoms with E-state index in [9.17, 15) is 19.5 Å². The van der Waals surface area contributed by atoms with Crippen LogP contribution in [0.2, 0.25) is 0 Å². The number of allylic oxidation sites excluding steroid dienone is 12. The van der Waals surface area contributed by atoms with Crippen molar-refractivity contribution >= 4 is 17.9 Å². The van der Waals surface area contributed by atoms with Crippen LogP contribution in [0.25, 0.3) is 0 Å². The Labute approximate surface area is 487 Å². The molecule has 0 spiro atoms. The maximum Gasteiger partial charge on any atom is 0.306 e. The number of hydrogen-bond donors (Lipinski definition) is 0. The third-order valence-corrected chi connectivity index (χ3v) is 14.4. The molecule has 0 radical (unpaired) electrons. The van der Waals surface area contributed by atoms with E-state index < -0.39 is 24.3 Å². The number of unbranched alkanes of at least 4 members (excludes halogenated alkanes) is 34. The van der Waals surface area contributed by atoms with Crippen LogP contribution in [0.4, 0.5) is 0 Å². The lowest BCUT2D eigenvalue weighted by molar-refractivity contribution is -0.870. The number of carboxylic acid groups (broad SMARTS) is 1. The lowest BCUT2D eigenvalue weighted by Crippen LogP contribution is -2.44. The highest BCUT2D eigenvalue weighted by Gasteiger charge is 2.22. The zero-order valence-electron chi connectivity index (χ0n) is 52.2. The summed E-state index contributed by atoms with van der Waals surface area (Å²) in [6.07, 6.45) is 77.3. The molecule has 79 heavy (non-hydrogen) atoms. The third-order valence-electron chi connectivity index (χ3n) is 14.4. The van der Waals surface area contributed by atoms with Crippen LogP contribution in [0.5, 0.6) is 0 Å². The molecule has 0 saturated carbocycles. The van der Waals surface area contributed by atoms with Crippen LogP contribution in [-0.2, 0) is 33.3 Å². The average molecular weight is 1110 g/mol. The molecule has 0 N–H and O–H groups in total. The lowest BCUT2D eigenvalue weighted by Gasteiger charge is -2.26. The van der Waals surface area contributed by atoms with Crippen LogP contribution in [0.3, 0.4) is 0 Å². The summed E-state index contributed by atoms with van der Waals surface area (Å²) in [4.78, 5) is 37.3. The van der Waals surface area contributed by atoms with Gasteiger partial charge in [-0.25, -0.2) is 0 Å². The van der Waals surface area contributed by atoms with Gasteiger partial charge in [0.15, 0.2) is 12.4 Å². The third kappa shape index (κ3) is 62.2. The summed E-state index contributed by atoms with van der Waals surface area (Å²) in [6.45, 7) is 4.59. The molecule has 0 aliphatic rings. The van der Waals surface area contributed by atoms with Gasteiger partial charge in [0.1, 0.15) is 13.2 Å². The summed E-state index contributed by atoms with van der Waals surface area (Å²) >= 11 is 0. The first-order valence-corrected chi connectivity index (χ1v) is 33.1. The highest BCUT2D eigenvalue weighted by molar-refractivity contribution is 5.70. The zero-order chi connectivity index (χ0) is 57.6. The van der Waals surface area contributed by atoms with Crippen molar-refractivity contribution in [3.8, 4) is 0 Å². The molecule has 0 saturated heterocycles. The van der Waals surface area contributed by atoms with Crippen LogP contribution < -0.4 is 5.11 Å². The molecule has 0 heterocycles. The van der Waals surface area contributed by atoms with E-state index in [-0.39, 0.29) is 38.6 Å². The first-order chi connectivity index (χ1) is 38.6. The van der Waals surface area contributed by atoms with E-state index in [4.69, 9.17) is 18.9 Å². The van der Waals surface area contributed by atoms with E-state index >= 15 is 0 Å².